The predicted octanol–water partition coefficient (Wildman–Crippen LogP) is 2.57. The van der Waals surface area contributed by atoms with Crippen molar-refractivity contribution in [3.05, 3.63) is 29.8 Å². The highest BCUT2D eigenvalue weighted by Gasteiger charge is 2.17. The van der Waals surface area contributed by atoms with Gasteiger partial charge in [0.15, 0.2) is 5.82 Å². The number of primary amides is 1. The lowest BCUT2D eigenvalue weighted by Crippen LogP contribution is -2.17. The van der Waals surface area contributed by atoms with Crippen LogP contribution in [0.25, 0.3) is 11.0 Å². The van der Waals surface area contributed by atoms with Crippen LogP contribution in [0.2, 0.25) is 0 Å². The predicted molar refractivity (Wildman–Crippen MR) is 69.5 cm³/mol. The molecule has 0 spiro atoms. The molecule has 1 aromatic heterocycles. The van der Waals surface area contributed by atoms with Crippen LogP contribution in [0.5, 0.6) is 0 Å². The Morgan fingerprint density at radius 3 is 3.00 bits per heavy atom. The Hall–Kier alpha value is -1.82. The van der Waals surface area contributed by atoms with Gasteiger partial charge in [0.05, 0.1) is 17.4 Å². The van der Waals surface area contributed by atoms with E-state index >= 15 is 0 Å². The summed E-state index contributed by atoms with van der Waals surface area (Å²) in [6.07, 6.45) is -0.851. The lowest BCUT2D eigenvalue weighted by molar-refractivity contribution is 0.152. The molecule has 0 radical (unpaired) electrons. The Balaban J connectivity index is 2.41. The molecule has 0 aliphatic carbocycles. The highest BCUT2D eigenvalue weighted by Crippen LogP contribution is 2.25. The molecule has 102 valence electrons. The quantitative estimate of drug-likeness (QED) is 0.878. The van der Waals surface area contributed by atoms with Gasteiger partial charge in [0, 0.05) is 0 Å². The van der Waals surface area contributed by atoms with Crippen LogP contribution in [-0.4, -0.2) is 22.3 Å². The molecule has 1 unspecified atom stereocenters. The van der Waals surface area contributed by atoms with Crippen LogP contribution < -0.4 is 5.73 Å². The van der Waals surface area contributed by atoms with E-state index in [-0.39, 0.29) is 17.5 Å². The number of nitrogens with zero attached hydrogens (tertiary/aromatic N) is 2. The van der Waals surface area contributed by atoms with Gasteiger partial charge < -0.3 is 15.0 Å². The molecule has 0 aliphatic rings. The summed E-state index contributed by atoms with van der Waals surface area (Å²) >= 11 is 6.04. The minimum Gasteiger partial charge on any atom is -0.448 e. The van der Waals surface area contributed by atoms with Gasteiger partial charge in [-0.25, -0.2) is 14.2 Å². The molecule has 0 bridgehead atoms. The monoisotopic (exact) mass is 285 g/mol. The molecular weight excluding hydrogens is 273 g/mol. The van der Waals surface area contributed by atoms with Gasteiger partial charge in [-0.3, -0.25) is 0 Å². The molecule has 1 aromatic carbocycles. The number of carbonyl (C=O) groups excluding carboxylic acids is 1. The third-order valence-corrected chi connectivity index (χ3v) is 2.87. The SMILES string of the molecule is CC(Cl)c1nc2c(F)cccc2n1CCOC(N)=O. The van der Waals surface area contributed by atoms with E-state index in [1.54, 1.807) is 23.6 Å². The first kappa shape index (κ1) is 13.6. The summed E-state index contributed by atoms with van der Waals surface area (Å²) in [5.74, 6) is 0.112. The van der Waals surface area contributed by atoms with Gasteiger partial charge in [-0.15, -0.1) is 11.6 Å². The van der Waals surface area contributed by atoms with E-state index < -0.39 is 11.9 Å². The normalized spacial score (nSPS) is 12.6. The Kier molecular flexibility index (Phi) is 3.90. The van der Waals surface area contributed by atoms with E-state index in [4.69, 9.17) is 17.3 Å². The number of halogens is 2. The van der Waals surface area contributed by atoms with Crippen LogP contribution in [0.1, 0.15) is 18.1 Å². The highest BCUT2D eigenvalue weighted by molar-refractivity contribution is 6.20. The number of fused-ring (bicyclic) bond motifs is 1. The van der Waals surface area contributed by atoms with E-state index in [1.807, 2.05) is 0 Å². The second-order valence-electron chi connectivity index (χ2n) is 4.01. The third-order valence-electron chi connectivity index (χ3n) is 2.67. The second kappa shape index (κ2) is 5.44. The van der Waals surface area contributed by atoms with Crippen molar-refractivity contribution in [2.75, 3.05) is 6.61 Å². The van der Waals surface area contributed by atoms with Gasteiger partial charge in [-0.05, 0) is 19.1 Å². The summed E-state index contributed by atoms with van der Waals surface area (Å²) < 4.78 is 20.1. The number of hydrogen-bond acceptors (Lipinski definition) is 3. The van der Waals surface area contributed by atoms with E-state index in [0.29, 0.717) is 17.9 Å². The van der Waals surface area contributed by atoms with Crippen molar-refractivity contribution in [3.8, 4) is 0 Å². The fraction of sp³-hybridized carbons (Fsp3) is 0.333. The Morgan fingerprint density at radius 2 is 2.37 bits per heavy atom. The smallest absolute Gasteiger partial charge is 0.404 e. The van der Waals surface area contributed by atoms with E-state index in [0.717, 1.165) is 0 Å². The molecule has 2 rings (SSSR count). The molecule has 7 heteroatoms. The fourth-order valence-electron chi connectivity index (χ4n) is 1.91. The zero-order valence-corrected chi connectivity index (χ0v) is 11.0. The summed E-state index contributed by atoms with van der Waals surface area (Å²) in [6.45, 7) is 2.13. The van der Waals surface area contributed by atoms with Gasteiger partial charge in [0.1, 0.15) is 17.9 Å². The van der Waals surface area contributed by atoms with Crippen molar-refractivity contribution in [3.63, 3.8) is 0 Å². The number of ether oxygens (including phenoxy) is 1. The van der Waals surface area contributed by atoms with Gasteiger partial charge in [0.25, 0.3) is 0 Å². The molecule has 19 heavy (non-hydrogen) atoms. The van der Waals surface area contributed by atoms with Crippen LogP contribution in [0.4, 0.5) is 9.18 Å². The number of carbonyl (C=O) groups is 1. The Bertz CT molecular complexity index is 612. The van der Waals surface area contributed by atoms with Gasteiger partial charge in [-0.2, -0.15) is 0 Å². The van der Waals surface area contributed by atoms with Crippen molar-refractivity contribution >= 4 is 28.7 Å². The number of hydrogen-bond donors (Lipinski definition) is 1. The molecule has 1 amide bonds. The minimum absolute atomic E-state index is 0.0773. The van der Waals surface area contributed by atoms with Crippen LogP contribution in [0, 0.1) is 5.82 Å². The number of amides is 1. The maximum absolute atomic E-state index is 13.7. The van der Waals surface area contributed by atoms with Crippen LogP contribution in [-0.2, 0) is 11.3 Å². The second-order valence-corrected chi connectivity index (χ2v) is 4.67. The summed E-state index contributed by atoms with van der Waals surface area (Å²) in [5.41, 5.74) is 5.76. The number of alkyl halides is 1. The first-order chi connectivity index (χ1) is 9.00. The molecule has 0 saturated heterocycles. The third kappa shape index (κ3) is 2.78. The molecule has 2 N–H and O–H groups in total. The van der Waals surface area contributed by atoms with E-state index in [9.17, 15) is 9.18 Å². The van der Waals surface area contributed by atoms with Crippen LogP contribution in [0.15, 0.2) is 18.2 Å². The molecule has 1 atom stereocenters. The minimum atomic E-state index is -0.851. The van der Waals surface area contributed by atoms with Crippen molar-refractivity contribution in [2.45, 2.75) is 18.8 Å². The zero-order chi connectivity index (χ0) is 14.0. The summed E-state index contributed by atoms with van der Waals surface area (Å²) in [7, 11) is 0. The number of para-hydroxylation sites is 1. The highest BCUT2D eigenvalue weighted by atomic mass is 35.5. The van der Waals surface area contributed by atoms with Gasteiger partial charge >= 0.3 is 6.09 Å². The molecule has 5 nitrogen and oxygen atoms in total. The van der Waals surface area contributed by atoms with Crippen molar-refractivity contribution in [2.24, 2.45) is 5.73 Å². The lowest BCUT2D eigenvalue weighted by atomic mass is 10.3. The van der Waals surface area contributed by atoms with Crippen molar-refractivity contribution in [1.82, 2.24) is 9.55 Å². The summed E-state index contributed by atoms with van der Waals surface area (Å²) in [4.78, 5) is 14.7. The number of imidazole rings is 1. The largest absolute Gasteiger partial charge is 0.448 e. The van der Waals surface area contributed by atoms with E-state index in [2.05, 4.69) is 9.72 Å². The average Bonchev–Trinajstić information content (AvgIpc) is 2.70. The first-order valence-corrected chi connectivity index (χ1v) is 6.15. The topological polar surface area (TPSA) is 70.1 Å². The van der Waals surface area contributed by atoms with Gasteiger partial charge in [0.2, 0.25) is 0 Å². The Morgan fingerprint density at radius 1 is 1.63 bits per heavy atom. The molecule has 0 saturated carbocycles. The molecular formula is C12H13ClFN3O2. The van der Waals surface area contributed by atoms with Crippen molar-refractivity contribution in [1.29, 1.82) is 0 Å². The number of nitrogens with two attached hydrogens (primary N) is 1. The zero-order valence-electron chi connectivity index (χ0n) is 10.3. The number of rotatable bonds is 4. The first-order valence-electron chi connectivity index (χ1n) is 5.71. The standard InChI is InChI=1S/C12H13ClFN3O2/c1-7(13)11-16-10-8(14)3-2-4-9(10)17(11)5-6-19-12(15)18/h2-4,7H,5-6H2,1H3,(H2,15,18). The maximum Gasteiger partial charge on any atom is 0.404 e. The summed E-state index contributed by atoms with van der Waals surface area (Å²) in [6, 6.07) is 4.66. The fourth-order valence-corrected chi connectivity index (χ4v) is 2.07. The van der Waals surface area contributed by atoms with Gasteiger partial charge in [-0.1, -0.05) is 6.07 Å². The number of aromatic nitrogens is 2. The van der Waals surface area contributed by atoms with Crippen LogP contribution >= 0.6 is 11.6 Å². The Labute approximate surface area is 114 Å². The molecule has 0 aliphatic heterocycles. The average molecular weight is 286 g/mol. The maximum atomic E-state index is 13.7. The molecule has 2 aromatic rings. The van der Waals surface area contributed by atoms with E-state index in [1.165, 1.54) is 6.07 Å². The molecule has 1 heterocycles. The van der Waals surface area contributed by atoms with Crippen LogP contribution in [0.3, 0.4) is 0 Å². The molecule has 0 fully saturated rings. The lowest BCUT2D eigenvalue weighted by Gasteiger charge is -2.10. The van der Waals surface area contributed by atoms with Crippen molar-refractivity contribution < 1.29 is 13.9 Å². The summed E-state index contributed by atoms with van der Waals surface area (Å²) in [5, 5.41) is -0.389. The number of benzene rings is 1.